The van der Waals surface area contributed by atoms with Crippen molar-refractivity contribution in [2.75, 3.05) is 0 Å². The van der Waals surface area contributed by atoms with E-state index < -0.39 is 0 Å². The highest BCUT2D eigenvalue weighted by molar-refractivity contribution is 7.17. The molecule has 0 unspecified atom stereocenters. The van der Waals surface area contributed by atoms with Crippen LogP contribution in [0.2, 0.25) is 15.1 Å². The van der Waals surface area contributed by atoms with Crippen molar-refractivity contribution in [2.24, 2.45) is 5.16 Å². The van der Waals surface area contributed by atoms with Crippen LogP contribution in [-0.4, -0.2) is 15.3 Å². The van der Waals surface area contributed by atoms with E-state index in [-0.39, 0.29) is 0 Å². The van der Waals surface area contributed by atoms with Gasteiger partial charge in [-0.25, -0.2) is 4.98 Å². The third-order valence-electron chi connectivity index (χ3n) is 4.15. The van der Waals surface area contributed by atoms with Gasteiger partial charge in [0.25, 0.3) is 0 Å². The van der Waals surface area contributed by atoms with Crippen LogP contribution in [-0.2, 0) is 18.0 Å². The van der Waals surface area contributed by atoms with E-state index in [1.54, 1.807) is 36.0 Å². The lowest BCUT2D eigenvalue weighted by atomic mass is 10.1. The smallest absolute Gasteiger partial charge is 0.143 e. The van der Waals surface area contributed by atoms with Crippen molar-refractivity contribution < 1.29 is 4.84 Å². The lowest BCUT2D eigenvalue weighted by molar-refractivity contribution is 0.131. The second-order valence-corrected chi connectivity index (χ2v) is 8.26. The number of aromatic nitrogens is 2. The summed E-state index contributed by atoms with van der Waals surface area (Å²) in [7, 11) is 0. The van der Waals surface area contributed by atoms with Crippen molar-refractivity contribution in [3.8, 4) is 0 Å². The summed E-state index contributed by atoms with van der Waals surface area (Å²) in [6.45, 7) is 0.821. The lowest BCUT2D eigenvalue weighted by Crippen LogP contribution is -2.12. The zero-order valence-corrected chi connectivity index (χ0v) is 17.6. The van der Waals surface area contributed by atoms with Gasteiger partial charge < -0.3 is 9.40 Å². The molecular formula is C20H14Cl3N3OS. The first-order valence-corrected chi connectivity index (χ1v) is 10.4. The molecule has 0 aliphatic heterocycles. The molecule has 0 aliphatic rings. The Hall–Kier alpha value is -2.05. The highest BCUT2D eigenvalue weighted by atomic mass is 35.5. The predicted octanol–water partition coefficient (Wildman–Crippen LogP) is 6.68. The number of fused-ring (bicyclic) bond motifs is 1. The van der Waals surface area contributed by atoms with Gasteiger partial charge in [0.2, 0.25) is 0 Å². The van der Waals surface area contributed by atoms with E-state index in [0.717, 1.165) is 26.2 Å². The molecule has 0 atom stereocenters. The second-order valence-electron chi connectivity index (χ2n) is 6.07. The molecular weight excluding hydrogens is 437 g/mol. The van der Waals surface area contributed by atoms with Crippen LogP contribution in [0.3, 0.4) is 0 Å². The molecule has 142 valence electrons. The van der Waals surface area contributed by atoms with Crippen LogP contribution >= 0.6 is 46.1 Å². The SMILES string of the molecule is Clc1ccc(/C(Cn2ccnc2)=N/OCc2csc3cc(Cl)ccc23)c(Cl)c1. The fraction of sp³-hybridized carbons (Fsp3) is 0.100. The van der Waals surface area contributed by atoms with Gasteiger partial charge in [0.05, 0.1) is 17.9 Å². The van der Waals surface area contributed by atoms with Crippen LogP contribution in [0.1, 0.15) is 11.1 Å². The molecule has 0 saturated heterocycles. The highest BCUT2D eigenvalue weighted by Crippen LogP contribution is 2.29. The van der Waals surface area contributed by atoms with Gasteiger partial charge in [-0.2, -0.15) is 0 Å². The summed E-state index contributed by atoms with van der Waals surface area (Å²) in [5, 5.41) is 9.36. The molecule has 0 bridgehead atoms. The minimum absolute atomic E-state index is 0.347. The topological polar surface area (TPSA) is 39.4 Å². The van der Waals surface area contributed by atoms with Gasteiger partial charge in [-0.05, 0) is 41.1 Å². The van der Waals surface area contributed by atoms with Gasteiger partial charge in [0.1, 0.15) is 12.3 Å². The van der Waals surface area contributed by atoms with Crippen molar-refractivity contribution in [2.45, 2.75) is 13.2 Å². The maximum Gasteiger partial charge on any atom is 0.143 e. The number of nitrogens with zero attached hydrogens (tertiary/aromatic N) is 3. The highest BCUT2D eigenvalue weighted by Gasteiger charge is 2.12. The number of halogens is 3. The summed E-state index contributed by atoms with van der Waals surface area (Å²) in [6.07, 6.45) is 5.29. The summed E-state index contributed by atoms with van der Waals surface area (Å²) in [5.41, 5.74) is 2.51. The molecule has 0 N–H and O–H groups in total. The van der Waals surface area contributed by atoms with E-state index in [4.69, 9.17) is 39.6 Å². The number of oxime groups is 1. The molecule has 4 rings (SSSR count). The fourth-order valence-corrected chi connectivity index (χ4v) is 4.53. The average Bonchev–Trinajstić information content (AvgIpc) is 3.31. The standard InChI is InChI=1S/C20H14Cl3N3OS/c21-14-2-4-17(18(23)7-14)19(9-26-6-5-24-12-26)25-27-10-13-11-28-20-8-15(22)1-3-16(13)20/h1-8,11-12H,9-10H2/b25-19+. The monoisotopic (exact) mass is 449 g/mol. The third-order valence-corrected chi connectivity index (χ3v) is 5.92. The Balaban J connectivity index is 1.59. The number of benzene rings is 2. The zero-order chi connectivity index (χ0) is 19.5. The molecule has 2 aromatic carbocycles. The third kappa shape index (κ3) is 4.33. The molecule has 0 radical (unpaired) electrons. The Morgan fingerprint density at radius 3 is 2.71 bits per heavy atom. The van der Waals surface area contributed by atoms with E-state index in [9.17, 15) is 0 Å². The first kappa shape index (κ1) is 19.3. The number of thiophene rings is 1. The maximum absolute atomic E-state index is 6.38. The van der Waals surface area contributed by atoms with Crippen molar-refractivity contribution in [1.29, 1.82) is 0 Å². The Morgan fingerprint density at radius 2 is 1.93 bits per heavy atom. The van der Waals surface area contributed by atoms with Gasteiger partial charge in [-0.3, -0.25) is 0 Å². The van der Waals surface area contributed by atoms with Crippen LogP contribution in [0, 0.1) is 0 Å². The molecule has 0 aliphatic carbocycles. The van der Waals surface area contributed by atoms with Crippen LogP contribution in [0.4, 0.5) is 0 Å². The van der Waals surface area contributed by atoms with Crippen LogP contribution in [0.15, 0.2) is 65.7 Å². The molecule has 0 spiro atoms. The van der Waals surface area contributed by atoms with Crippen molar-refractivity contribution >= 4 is 61.9 Å². The Bertz CT molecular complexity index is 1140. The van der Waals surface area contributed by atoms with Gasteiger partial charge in [0.15, 0.2) is 0 Å². The van der Waals surface area contributed by atoms with E-state index >= 15 is 0 Å². The number of imidazole rings is 1. The number of hydrogen-bond acceptors (Lipinski definition) is 4. The zero-order valence-electron chi connectivity index (χ0n) is 14.5. The van der Waals surface area contributed by atoms with Gasteiger partial charge in [0, 0.05) is 38.3 Å². The minimum atomic E-state index is 0.347. The Kier molecular flexibility index (Phi) is 5.87. The van der Waals surface area contributed by atoms with E-state index in [1.165, 1.54) is 0 Å². The second kappa shape index (κ2) is 8.53. The summed E-state index contributed by atoms with van der Waals surface area (Å²) in [6, 6.07) is 11.1. The molecule has 2 aromatic heterocycles. The first-order valence-electron chi connectivity index (χ1n) is 8.36. The Morgan fingerprint density at radius 1 is 1.11 bits per heavy atom. The molecule has 0 fully saturated rings. The van der Waals surface area contributed by atoms with E-state index in [2.05, 4.69) is 15.5 Å². The Labute approximate surface area is 180 Å². The summed E-state index contributed by atoms with van der Waals surface area (Å²) < 4.78 is 3.02. The van der Waals surface area contributed by atoms with Gasteiger partial charge in [-0.1, -0.05) is 46.0 Å². The first-order chi connectivity index (χ1) is 13.6. The minimum Gasteiger partial charge on any atom is -0.391 e. The summed E-state index contributed by atoms with van der Waals surface area (Å²) in [5.74, 6) is 0. The normalized spacial score (nSPS) is 11.9. The quantitative estimate of drug-likeness (QED) is 0.243. The number of hydrogen-bond donors (Lipinski definition) is 0. The molecule has 4 aromatic rings. The molecule has 28 heavy (non-hydrogen) atoms. The summed E-state index contributed by atoms with van der Waals surface area (Å²) >= 11 is 20.1. The van der Waals surface area contributed by atoms with Gasteiger partial charge >= 0.3 is 0 Å². The van der Waals surface area contributed by atoms with E-state index in [0.29, 0.717) is 28.9 Å². The summed E-state index contributed by atoms with van der Waals surface area (Å²) in [4.78, 5) is 9.77. The molecule has 2 heterocycles. The lowest BCUT2D eigenvalue weighted by Gasteiger charge is -2.10. The maximum atomic E-state index is 6.38. The van der Waals surface area contributed by atoms with Crippen LogP contribution < -0.4 is 0 Å². The molecule has 0 amide bonds. The fourth-order valence-electron chi connectivity index (χ4n) is 2.79. The largest absolute Gasteiger partial charge is 0.391 e. The molecule has 8 heteroatoms. The molecule has 4 nitrogen and oxygen atoms in total. The average molecular weight is 451 g/mol. The van der Waals surface area contributed by atoms with Crippen molar-refractivity contribution in [3.63, 3.8) is 0 Å². The van der Waals surface area contributed by atoms with Crippen LogP contribution in [0.5, 0.6) is 0 Å². The van der Waals surface area contributed by atoms with Crippen molar-refractivity contribution in [1.82, 2.24) is 9.55 Å². The number of rotatable bonds is 6. The molecule has 0 saturated carbocycles. The van der Waals surface area contributed by atoms with E-state index in [1.807, 2.05) is 35.0 Å². The van der Waals surface area contributed by atoms with Crippen LogP contribution in [0.25, 0.3) is 10.1 Å². The van der Waals surface area contributed by atoms with Crippen molar-refractivity contribution in [3.05, 3.63) is 86.7 Å². The predicted molar refractivity (Wildman–Crippen MR) is 117 cm³/mol. The van der Waals surface area contributed by atoms with Gasteiger partial charge in [-0.15, -0.1) is 11.3 Å².